The monoisotopic (exact) mass is 137 g/mol. The molecule has 0 aliphatic rings. The molecule has 54 valence electrons. The van der Waals surface area contributed by atoms with Gasteiger partial charge in [-0.1, -0.05) is 6.07 Å². The van der Waals surface area contributed by atoms with Gasteiger partial charge in [-0.25, -0.2) is 0 Å². The Morgan fingerprint density at radius 3 is 2.80 bits per heavy atom. The van der Waals surface area contributed by atoms with Gasteiger partial charge in [-0.3, -0.25) is 4.98 Å². The third kappa shape index (κ3) is 2.15. The molecule has 0 unspecified atom stereocenters. The fraction of sp³-hybridized carbons (Fsp3) is 0.375. The Labute approximate surface area is 61.5 Å². The van der Waals surface area contributed by atoms with E-state index in [0.717, 1.165) is 6.54 Å². The predicted molar refractivity (Wildman–Crippen MR) is 40.8 cm³/mol. The number of aromatic nitrogens is 1. The molecule has 0 saturated carbocycles. The van der Waals surface area contributed by atoms with Gasteiger partial charge in [0.25, 0.3) is 0 Å². The van der Waals surface area contributed by atoms with Crippen LogP contribution < -0.4 is 4.90 Å². The summed E-state index contributed by atoms with van der Waals surface area (Å²) in [5.41, 5.74) is 1.29. The molecule has 2 nitrogen and oxygen atoms in total. The highest BCUT2D eigenvalue weighted by Gasteiger charge is 1.94. The van der Waals surface area contributed by atoms with Gasteiger partial charge in [0.1, 0.15) is 6.54 Å². The van der Waals surface area contributed by atoms with Crippen molar-refractivity contribution in [3.05, 3.63) is 30.1 Å². The van der Waals surface area contributed by atoms with E-state index >= 15 is 0 Å². The number of rotatable bonds is 2. The van der Waals surface area contributed by atoms with Crippen molar-refractivity contribution in [3.8, 4) is 0 Å². The van der Waals surface area contributed by atoms with Crippen molar-refractivity contribution in [3.63, 3.8) is 0 Å². The molecule has 0 fully saturated rings. The third-order valence-electron chi connectivity index (χ3n) is 1.28. The van der Waals surface area contributed by atoms with E-state index in [0.29, 0.717) is 0 Å². The highest BCUT2D eigenvalue weighted by atomic mass is 15.0. The molecule has 1 N–H and O–H groups in total. The summed E-state index contributed by atoms with van der Waals surface area (Å²) in [4.78, 5) is 5.45. The topological polar surface area (TPSA) is 17.3 Å². The minimum absolute atomic E-state index is 1.05. The SMILES string of the molecule is C[NH+](C)Cc1cccnc1. The van der Waals surface area contributed by atoms with E-state index in [1.165, 1.54) is 10.5 Å². The van der Waals surface area contributed by atoms with Crippen LogP contribution in [0, 0.1) is 0 Å². The Morgan fingerprint density at radius 1 is 1.50 bits per heavy atom. The molecule has 0 aliphatic heterocycles. The fourth-order valence-electron chi connectivity index (χ4n) is 0.911. The molecular formula is C8H13N2+. The molecule has 0 amide bonds. The van der Waals surface area contributed by atoms with Crippen LogP contribution in [0.15, 0.2) is 24.5 Å². The molecule has 1 aromatic rings. The number of quaternary nitrogens is 1. The Bertz CT molecular complexity index is 182. The summed E-state index contributed by atoms with van der Waals surface area (Å²) in [6, 6.07) is 4.07. The van der Waals surface area contributed by atoms with E-state index in [9.17, 15) is 0 Å². The lowest BCUT2D eigenvalue weighted by molar-refractivity contribution is -0.872. The molecule has 0 aliphatic carbocycles. The summed E-state index contributed by atoms with van der Waals surface area (Å²) < 4.78 is 0. The number of nitrogens with one attached hydrogen (secondary N) is 1. The normalized spacial score (nSPS) is 10.3. The highest BCUT2D eigenvalue weighted by molar-refractivity contribution is 5.06. The van der Waals surface area contributed by atoms with Gasteiger partial charge in [0.15, 0.2) is 0 Å². The summed E-state index contributed by atoms with van der Waals surface area (Å²) >= 11 is 0. The highest BCUT2D eigenvalue weighted by Crippen LogP contribution is 1.90. The van der Waals surface area contributed by atoms with Gasteiger partial charge >= 0.3 is 0 Å². The van der Waals surface area contributed by atoms with Crippen LogP contribution in [0.3, 0.4) is 0 Å². The number of nitrogens with zero attached hydrogens (tertiary/aromatic N) is 1. The molecule has 2 heteroatoms. The zero-order valence-corrected chi connectivity index (χ0v) is 6.46. The van der Waals surface area contributed by atoms with Gasteiger partial charge in [-0.15, -0.1) is 0 Å². The van der Waals surface area contributed by atoms with Crippen molar-refractivity contribution in [2.24, 2.45) is 0 Å². The number of hydrogen-bond donors (Lipinski definition) is 1. The van der Waals surface area contributed by atoms with Crippen molar-refractivity contribution in [2.45, 2.75) is 6.54 Å². The first-order valence-corrected chi connectivity index (χ1v) is 3.47. The van der Waals surface area contributed by atoms with Crippen LogP contribution in [0.4, 0.5) is 0 Å². The molecule has 1 rings (SSSR count). The van der Waals surface area contributed by atoms with Crippen LogP contribution >= 0.6 is 0 Å². The van der Waals surface area contributed by atoms with E-state index in [-0.39, 0.29) is 0 Å². The summed E-state index contributed by atoms with van der Waals surface area (Å²) in [5.74, 6) is 0. The molecule has 0 bridgehead atoms. The summed E-state index contributed by atoms with van der Waals surface area (Å²) in [6.07, 6.45) is 3.71. The first-order chi connectivity index (χ1) is 4.79. The van der Waals surface area contributed by atoms with E-state index in [2.05, 4.69) is 25.1 Å². The molecule has 1 heterocycles. The summed E-state index contributed by atoms with van der Waals surface area (Å²) in [7, 11) is 4.26. The number of hydrogen-bond acceptors (Lipinski definition) is 1. The molecular weight excluding hydrogens is 124 g/mol. The second-order valence-electron chi connectivity index (χ2n) is 2.75. The minimum atomic E-state index is 1.05. The Hall–Kier alpha value is -0.890. The number of pyridine rings is 1. The van der Waals surface area contributed by atoms with Gasteiger partial charge in [-0.2, -0.15) is 0 Å². The standard InChI is InChI=1S/C8H12N2/c1-10(2)7-8-4-3-5-9-6-8/h3-6H,7H2,1-2H3/p+1. The van der Waals surface area contributed by atoms with Crippen molar-refractivity contribution in [1.82, 2.24) is 4.98 Å². The summed E-state index contributed by atoms with van der Waals surface area (Å²) in [6.45, 7) is 1.05. The smallest absolute Gasteiger partial charge is 0.104 e. The van der Waals surface area contributed by atoms with Crippen molar-refractivity contribution >= 4 is 0 Å². The molecule has 0 atom stereocenters. The quantitative estimate of drug-likeness (QED) is 0.593. The van der Waals surface area contributed by atoms with Gasteiger partial charge in [-0.05, 0) is 6.07 Å². The van der Waals surface area contributed by atoms with Crippen molar-refractivity contribution in [2.75, 3.05) is 14.1 Å². The van der Waals surface area contributed by atoms with Crippen molar-refractivity contribution < 1.29 is 4.90 Å². The average molecular weight is 137 g/mol. The largest absolute Gasteiger partial charge is 0.336 e. The maximum atomic E-state index is 4.02. The van der Waals surface area contributed by atoms with Crippen LogP contribution in [0.2, 0.25) is 0 Å². The fourth-order valence-corrected chi connectivity index (χ4v) is 0.911. The van der Waals surface area contributed by atoms with Gasteiger partial charge < -0.3 is 4.90 Å². The van der Waals surface area contributed by atoms with Gasteiger partial charge in [0.2, 0.25) is 0 Å². The first kappa shape index (κ1) is 7.22. The average Bonchev–Trinajstić information content (AvgIpc) is 1.88. The Kier molecular flexibility index (Phi) is 2.40. The van der Waals surface area contributed by atoms with E-state index in [1.54, 1.807) is 6.20 Å². The Balaban J connectivity index is 2.59. The lowest BCUT2D eigenvalue weighted by Crippen LogP contribution is -3.04. The van der Waals surface area contributed by atoms with Crippen LogP contribution in [-0.4, -0.2) is 19.1 Å². The first-order valence-electron chi connectivity index (χ1n) is 3.47. The minimum Gasteiger partial charge on any atom is -0.336 e. The molecule has 0 saturated heterocycles. The van der Waals surface area contributed by atoms with Crippen LogP contribution in [0.25, 0.3) is 0 Å². The molecule has 1 aromatic heterocycles. The zero-order valence-electron chi connectivity index (χ0n) is 6.46. The lowest BCUT2D eigenvalue weighted by Gasteiger charge is -2.05. The lowest BCUT2D eigenvalue weighted by atomic mass is 10.3. The summed E-state index contributed by atoms with van der Waals surface area (Å²) in [5, 5.41) is 0. The van der Waals surface area contributed by atoms with Gasteiger partial charge in [0, 0.05) is 18.0 Å². The second-order valence-corrected chi connectivity index (χ2v) is 2.75. The van der Waals surface area contributed by atoms with E-state index in [4.69, 9.17) is 0 Å². The van der Waals surface area contributed by atoms with Crippen LogP contribution in [0.1, 0.15) is 5.56 Å². The second kappa shape index (κ2) is 3.32. The van der Waals surface area contributed by atoms with Crippen LogP contribution in [0.5, 0.6) is 0 Å². The zero-order chi connectivity index (χ0) is 7.40. The predicted octanol–water partition coefficient (Wildman–Crippen LogP) is -0.274. The molecule has 0 radical (unpaired) electrons. The maximum Gasteiger partial charge on any atom is 0.104 e. The Morgan fingerprint density at radius 2 is 2.30 bits per heavy atom. The van der Waals surface area contributed by atoms with Crippen molar-refractivity contribution in [1.29, 1.82) is 0 Å². The van der Waals surface area contributed by atoms with E-state index < -0.39 is 0 Å². The van der Waals surface area contributed by atoms with Gasteiger partial charge in [0.05, 0.1) is 14.1 Å². The molecule has 10 heavy (non-hydrogen) atoms. The van der Waals surface area contributed by atoms with Crippen LogP contribution in [-0.2, 0) is 6.54 Å². The maximum absolute atomic E-state index is 4.02. The molecule has 0 aromatic carbocycles. The molecule has 0 spiro atoms. The third-order valence-corrected chi connectivity index (χ3v) is 1.28. The van der Waals surface area contributed by atoms with E-state index in [1.807, 2.05) is 12.3 Å².